The summed E-state index contributed by atoms with van der Waals surface area (Å²) in [6.07, 6.45) is -4.80. The molecule has 3 amide bonds. The van der Waals surface area contributed by atoms with E-state index in [2.05, 4.69) is 26.0 Å². The first kappa shape index (κ1) is 13.7. The lowest BCUT2D eigenvalue weighted by atomic mass is 10.3. The van der Waals surface area contributed by atoms with Gasteiger partial charge in [-0.25, -0.2) is 4.79 Å². The number of urea groups is 1. The molecule has 9 heteroatoms. The average Bonchev–Trinajstić information content (AvgIpc) is 2.59. The number of halogens is 4. The van der Waals surface area contributed by atoms with Crippen molar-refractivity contribution in [2.45, 2.75) is 6.36 Å². The molecule has 102 valence electrons. The highest BCUT2D eigenvalue weighted by Crippen LogP contribution is 2.33. The van der Waals surface area contributed by atoms with E-state index in [0.29, 0.717) is 0 Å². The molecule has 1 aliphatic rings. The highest BCUT2D eigenvalue weighted by atomic mass is 79.9. The van der Waals surface area contributed by atoms with Crippen LogP contribution in [0.2, 0.25) is 0 Å². The molecule has 0 unspecified atom stereocenters. The lowest BCUT2D eigenvalue weighted by Gasteiger charge is -2.16. The van der Waals surface area contributed by atoms with E-state index in [1.807, 2.05) is 0 Å². The molecule has 1 fully saturated rings. The Bertz CT molecular complexity index is 547. The fraction of sp³-hybridized carbons (Fsp3) is 0.200. The van der Waals surface area contributed by atoms with Crippen molar-refractivity contribution in [3.63, 3.8) is 0 Å². The molecular formula is C10H6BrF3N2O3. The number of carbonyl (C=O) groups excluding carboxylic acids is 2. The zero-order valence-electron chi connectivity index (χ0n) is 9.12. The van der Waals surface area contributed by atoms with Gasteiger partial charge in [-0.3, -0.25) is 15.0 Å². The number of benzene rings is 1. The number of hydrogen-bond acceptors (Lipinski definition) is 3. The van der Waals surface area contributed by atoms with Crippen molar-refractivity contribution in [1.82, 2.24) is 5.32 Å². The van der Waals surface area contributed by atoms with E-state index < -0.39 is 24.1 Å². The average molecular weight is 339 g/mol. The van der Waals surface area contributed by atoms with Gasteiger partial charge in [-0.15, -0.1) is 13.2 Å². The topological polar surface area (TPSA) is 58.6 Å². The van der Waals surface area contributed by atoms with Crippen LogP contribution in [-0.4, -0.2) is 24.8 Å². The fourth-order valence-electron chi connectivity index (χ4n) is 1.52. The molecule has 0 atom stereocenters. The van der Waals surface area contributed by atoms with Gasteiger partial charge >= 0.3 is 12.4 Å². The van der Waals surface area contributed by atoms with E-state index in [-0.39, 0.29) is 16.7 Å². The number of anilines is 1. The number of nitrogens with zero attached hydrogens (tertiary/aromatic N) is 1. The molecule has 0 radical (unpaired) electrons. The van der Waals surface area contributed by atoms with Gasteiger partial charge in [0.25, 0.3) is 0 Å². The number of nitrogens with one attached hydrogen (secondary N) is 1. The zero-order valence-corrected chi connectivity index (χ0v) is 10.7. The number of alkyl halides is 3. The van der Waals surface area contributed by atoms with E-state index in [0.717, 1.165) is 11.0 Å². The Kier molecular flexibility index (Phi) is 3.40. The first-order chi connectivity index (χ1) is 8.76. The summed E-state index contributed by atoms with van der Waals surface area (Å²) in [6.45, 7) is -0.176. The first-order valence-electron chi connectivity index (χ1n) is 4.93. The molecule has 0 saturated carbocycles. The maximum Gasteiger partial charge on any atom is 0.573 e. The Morgan fingerprint density at radius 2 is 2.00 bits per heavy atom. The lowest BCUT2D eigenvalue weighted by Crippen LogP contribution is -2.27. The van der Waals surface area contributed by atoms with Crippen LogP contribution in [0, 0.1) is 0 Å². The molecule has 19 heavy (non-hydrogen) atoms. The molecule has 1 saturated heterocycles. The third kappa shape index (κ3) is 3.16. The van der Waals surface area contributed by atoms with Crippen LogP contribution in [-0.2, 0) is 4.79 Å². The zero-order chi connectivity index (χ0) is 14.2. The van der Waals surface area contributed by atoms with Crippen molar-refractivity contribution in [3.8, 4) is 5.75 Å². The van der Waals surface area contributed by atoms with Gasteiger partial charge < -0.3 is 4.74 Å². The summed E-state index contributed by atoms with van der Waals surface area (Å²) >= 11 is 2.91. The minimum absolute atomic E-state index is 0.0227. The van der Waals surface area contributed by atoms with Crippen molar-refractivity contribution in [2.75, 3.05) is 11.4 Å². The maximum atomic E-state index is 12.1. The quantitative estimate of drug-likeness (QED) is 0.842. The number of ether oxygens (including phenoxy) is 1. The van der Waals surface area contributed by atoms with Crippen LogP contribution in [0.1, 0.15) is 0 Å². The monoisotopic (exact) mass is 338 g/mol. The molecule has 1 aromatic carbocycles. The van der Waals surface area contributed by atoms with Crippen LogP contribution < -0.4 is 15.0 Å². The van der Waals surface area contributed by atoms with Crippen molar-refractivity contribution in [1.29, 1.82) is 0 Å². The third-order valence-electron chi connectivity index (χ3n) is 2.25. The number of amides is 3. The number of hydrogen-bond donors (Lipinski definition) is 1. The largest absolute Gasteiger partial charge is 0.573 e. The predicted molar refractivity (Wildman–Crippen MR) is 61.7 cm³/mol. The van der Waals surface area contributed by atoms with E-state index in [9.17, 15) is 22.8 Å². The summed E-state index contributed by atoms with van der Waals surface area (Å²) in [5.41, 5.74) is 0.282. The number of imide groups is 1. The molecule has 0 aliphatic carbocycles. The van der Waals surface area contributed by atoms with Crippen molar-refractivity contribution >= 4 is 33.6 Å². The molecule has 0 aromatic heterocycles. The summed E-state index contributed by atoms with van der Waals surface area (Å²) in [6, 6.07) is 2.95. The number of carbonyl (C=O) groups is 2. The minimum atomic E-state index is -4.80. The summed E-state index contributed by atoms with van der Waals surface area (Å²) in [7, 11) is 0. The van der Waals surface area contributed by atoms with E-state index in [1.54, 1.807) is 0 Å². The Hall–Kier alpha value is -1.77. The molecule has 1 heterocycles. The Morgan fingerprint density at radius 3 is 2.47 bits per heavy atom. The first-order valence-corrected chi connectivity index (χ1v) is 5.72. The second kappa shape index (κ2) is 4.72. The highest BCUT2D eigenvalue weighted by Gasteiger charge is 2.33. The molecule has 1 aliphatic heterocycles. The molecule has 2 rings (SSSR count). The summed E-state index contributed by atoms with van der Waals surface area (Å²) in [4.78, 5) is 23.5. The fourth-order valence-corrected chi connectivity index (χ4v) is 1.96. The molecule has 0 bridgehead atoms. The second-order valence-corrected chi connectivity index (χ2v) is 4.46. The van der Waals surface area contributed by atoms with Crippen molar-refractivity contribution in [2.24, 2.45) is 0 Å². The molecule has 0 spiro atoms. The van der Waals surface area contributed by atoms with Gasteiger partial charge in [0.2, 0.25) is 5.91 Å². The normalized spacial score (nSPS) is 15.7. The molecule has 1 N–H and O–H groups in total. The molecule has 1 aromatic rings. The third-order valence-corrected chi connectivity index (χ3v) is 2.87. The Morgan fingerprint density at radius 1 is 1.32 bits per heavy atom. The van der Waals surface area contributed by atoms with Crippen LogP contribution in [0.25, 0.3) is 0 Å². The highest BCUT2D eigenvalue weighted by molar-refractivity contribution is 9.10. The number of rotatable bonds is 2. The van der Waals surface area contributed by atoms with Gasteiger partial charge in [0.15, 0.2) is 0 Å². The molecule has 5 nitrogen and oxygen atoms in total. The van der Waals surface area contributed by atoms with Gasteiger partial charge in [-0.1, -0.05) is 0 Å². The van der Waals surface area contributed by atoms with E-state index >= 15 is 0 Å². The van der Waals surface area contributed by atoms with Gasteiger partial charge in [0, 0.05) is 5.69 Å². The van der Waals surface area contributed by atoms with Gasteiger partial charge in [0.1, 0.15) is 12.3 Å². The van der Waals surface area contributed by atoms with Crippen LogP contribution in [0.15, 0.2) is 22.7 Å². The van der Waals surface area contributed by atoms with Gasteiger partial charge in [0.05, 0.1) is 4.47 Å². The van der Waals surface area contributed by atoms with Crippen molar-refractivity contribution in [3.05, 3.63) is 22.7 Å². The lowest BCUT2D eigenvalue weighted by molar-refractivity contribution is -0.274. The van der Waals surface area contributed by atoms with Crippen LogP contribution in [0.5, 0.6) is 5.75 Å². The smallest absolute Gasteiger partial charge is 0.405 e. The predicted octanol–water partition coefficient (Wildman–Crippen LogP) is 2.40. The van der Waals surface area contributed by atoms with Crippen LogP contribution >= 0.6 is 15.9 Å². The maximum absolute atomic E-state index is 12.1. The molecular weight excluding hydrogens is 333 g/mol. The minimum Gasteiger partial charge on any atom is -0.405 e. The van der Waals surface area contributed by atoms with E-state index in [4.69, 9.17) is 0 Å². The van der Waals surface area contributed by atoms with Crippen LogP contribution in [0.4, 0.5) is 23.7 Å². The summed E-state index contributed by atoms with van der Waals surface area (Å²) in [5, 5.41) is 2.06. The Labute approximate surface area is 113 Å². The standard InChI is InChI=1S/C10H6BrF3N2O3/c11-6-3-5(16-4-8(17)15-9(16)18)1-2-7(6)19-10(12,13)14/h1-3H,4H2,(H,15,17,18). The summed E-state index contributed by atoms with van der Waals surface area (Å²) in [5.74, 6) is -0.904. The van der Waals surface area contributed by atoms with Crippen molar-refractivity contribution < 1.29 is 27.5 Å². The SMILES string of the molecule is O=C1CN(c2ccc(OC(F)(F)F)c(Br)c2)C(=O)N1. The Balaban J connectivity index is 2.24. The van der Waals surface area contributed by atoms with Crippen LogP contribution in [0.3, 0.4) is 0 Å². The summed E-state index contributed by atoms with van der Waals surface area (Å²) < 4.78 is 40.0. The second-order valence-electron chi connectivity index (χ2n) is 3.60. The van der Waals surface area contributed by atoms with Gasteiger partial charge in [-0.2, -0.15) is 0 Å². The van der Waals surface area contributed by atoms with E-state index in [1.165, 1.54) is 12.1 Å². The van der Waals surface area contributed by atoms with Gasteiger partial charge in [-0.05, 0) is 34.1 Å².